The van der Waals surface area contributed by atoms with E-state index in [0.29, 0.717) is 19.6 Å². The molecule has 0 radical (unpaired) electrons. The minimum Gasteiger partial charge on any atom is -0.385 e. The molecule has 0 atom stereocenters. The van der Waals surface area contributed by atoms with Gasteiger partial charge < -0.3 is 15.4 Å². The summed E-state index contributed by atoms with van der Waals surface area (Å²) in [5.41, 5.74) is 0. The van der Waals surface area contributed by atoms with Gasteiger partial charge >= 0.3 is 0 Å². The van der Waals surface area contributed by atoms with Gasteiger partial charge in [0.25, 0.3) is 0 Å². The van der Waals surface area contributed by atoms with E-state index in [1.165, 1.54) is 6.26 Å². The van der Waals surface area contributed by atoms with Gasteiger partial charge in [-0.3, -0.25) is 4.99 Å². The molecule has 116 valence electrons. The number of nitrogens with zero attached hydrogens (tertiary/aromatic N) is 1. The quantitative estimate of drug-likeness (QED) is 0.254. The Morgan fingerprint density at radius 3 is 2.47 bits per heavy atom. The maximum atomic E-state index is 11.0. The Morgan fingerprint density at radius 2 is 1.95 bits per heavy atom. The van der Waals surface area contributed by atoms with Gasteiger partial charge in [0, 0.05) is 39.6 Å². The summed E-state index contributed by atoms with van der Waals surface area (Å²) in [4.78, 5) is 4.30. The zero-order valence-corrected chi connectivity index (χ0v) is 15.1. The lowest BCUT2D eigenvalue weighted by atomic mass is 10.4. The smallest absolute Gasteiger partial charge is 0.191 e. The number of aliphatic imine (C=N–C) groups is 1. The molecule has 0 fully saturated rings. The van der Waals surface area contributed by atoms with Crippen LogP contribution in [0.2, 0.25) is 0 Å². The van der Waals surface area contributed by atoms with Crippen molar-refractivity contribution in [3.63, 3.8) is 0 Å². The van der Waals surface area contributed by atoms with Gasteiger partial charge in [-0.05, 0) is 19.8 Å². The summed E-state index contributed by atoms with van der Waals surface area (Å²) >= 11 is 0. The topological polar surface area (TPSA) is 79.8 Å². The molecule has 0 saturated heterocycles. The second-order valence-electron chi connectivity index (χ2n) is 4.02. The van der Waals surface area contributed by atoms with E-state index in [4.69, 9.17) is 4.74 Å². The number of sulfone groups is 1. The molecule has 0 rings (SSSR count). The van der Waals surface area contributed by atoms with Crippen LogP contribution in [0.1, 0.15) is 19.8 Å². The number of hydrogen-bond donors (Lipinski definition) is 2. The highest BCUT2D eigenvalue weighted by atomic mass is 127. The molecule has 0 aliphatic heterocycles. The van der Waals surface area contributed by atoms with Crippen LogP contribution in [-0.2, 0) is 14.6 Å². The average Bonchev–Trinajstić information content (AvgIpc) is 2.28. The van der Waals surface area contributed by atoms with Crippen LogP contribution in [0.4, 0.5) is 0 Å². The van der Waals surface area contributed by atoms with Crippen LogP contribution in [0.5, 0.6) is 0 Å². The van der Waals surface area contributed by atoms with Crippen molar-refractivity contribution < 1.29 is 13.2 Å². The van der Waals surface area contributed by atoms with Gasteiger partial charge in [-0.25, -0.2) is 8.42 Å². The highest BCUT2D eigenvalue weighted by Gasteiger charge is 2.01. The highest BCUT2D eigenvalue weighted by molar-refractivity contribution is 14.0. The Morgan fingerprint density at radius 1 is 1.26 bits per heavy atom. The molecule has 0 spiro atoms. The van der Waals surface area contributed by atoms with E-state index in [9.17, 15) is 8.42 Å². The highest BCUT2D eigenvalue weighted by Crippen LogP contribution is 1.89. The maximum absolute atomic E-state index is 11.0. The van der Waals surface area contributed by atoms with E-state index in [1.54, 1.807) is 7.11 Å². The Hall–Kier alpha value is -0.0900. The molecule has 0 amide bonds. The molecule has 19 heavy (non-hydrogen) atoms. The molecule has 0 aromatic heterocycles. The Bertz CT molecular complexity index is 334. The number of ether oxygens (including phenoxy) is 1. The lowest BCUT2D eigenvalue weighted by Gasteiger charge is -2.10. The molecule has 0 unspecified atom stereocenters. The normalized spacial score (nSPS) is 11.8. The predicted molar refractivity (Wildman–Crippen MR) is 90.2 cm³/mol. The van der Waals surface area contributed by atoms with Crippen molar-refractivity contribution in [1.29, 1.82) is 0 Å². The van der Waals surface area contributed by atoms with Crippen molar-refractivity contribution in [3.05, 3.63) is 0 Å². The van der Waals surface area contributed by atoms with Crippen LogP contribution >= 0.6 is 24.0 Å². The molecule has 0 saturated carbocycles. The molecule has 8 heteroatoms. The molecule has 0 bridgehead atoms. The van der Waals surface area contributed by atoms with Crippen molar-refractivity contribution in [1.82, 2.24) is 10.6 Å². The molecule has 0 heterocycles. The lowest BCUT2D eigenvalue weighted by Crippen LogP contribution is -2.38. The lowest BCUT2D eigenvalue weighted by molar-refractivity contribution is 0.195. The minimum absolute atomic E-state index is 0. The standard InChI is InChI=1S/C11H25N3O3S.HI/c1-4-12-11(13-7-5-9-17-2)14-8-6-10-18(3,15)16;/h4-10H2,1-3H3,(H2,12,13,14);1H. The van der Waals surface area contributed by atoms with Crippen LogP contribution in [0, 0.1) is 0 Å². The first-order chi connectivity index (χ1) is 8.49. The average molecular weight is 407 g/mol. The molecule has 0 aliphatic rings. The summed E-state index contributed by atoms with van der Waals surface area (Å²) < 4.78 is 26.9. The Balaban J connectivity index is 0. The zero-order chi connectivity index (χ0) is 13.9. The molecule has 0 aromatic rings. The summed E-state index contributed by atoms with van der Waals surface area (Å²) in [5.74, 6) is 0.904. The fourth-order valence-electron chi connectivity index (χ4n) is 1.28. The van der Waals surface area contributed by atoms with E-state index in [0.717, 1.165) is 25.5 Å². The van der Waals surface area contributed by atoms with Gasteiger partial charge in [-0.1, -0.05) is 0 Å². The fourth-order valence-corrected chi connectivity index (χ4v) is 1.94. The van der Waals surface area contributed by atoms with Crippen LogP contribution in [-0.4, -0.2) is 59.7 Å². The summed E-state index contributed by atoms with van der Waals surface area (Å²) in [6.07, 6.45) is 2.70. The predicted octanol–water partition coefficient (Wildman–Crippen LogP) is 0.631. The van der Waals surface area contributed by atoms with Crippen molar-refractivity contribution in [2.24, 2.45) is 4.99 Å². The first-order valence-electron chi connectivity index (χ1n) is 6.18. The van der Waals surface area contributed by atoms with Crippen LogP contribution in [0.3, 0.4) is 0 Å². The van der Waals surface area contributed by atoms with E-state index in [1.807, 2.05) is 6.92 Å². The summed E-state index contributed by atoms with van der Waals surface area (Å²) in [5, 5.41) is 6.27. The fraction of sp³-hybridized carbons (Fsp3) is 0.909. The largest absolute Gasteiger partial charge is 0.385 e. The number of halogens is 1. The third-order valence-corrected chi connectivity index (χ3v) is 3.14. The second kappa shape index (κ2) is 12.9. The van der Waals surface area contributed by atoms with E-state index >= 15 is 0 Å². The third-order valence-electron chi connectivity index (χ3n) is 2.11. The van der Waals surface area contributed by atoms with Crippen molar-refractivity contribution in [2.45, 2.75) is 19.8 Å². The summed E-state index contributed by atoms with van der Waals surface area (Å²) in [6, 6.07) is 0. The van der Waals surface area contributed by atoms with Crippen molar-refractivity contribution in [2.75, 3.05) is 45.4 Å². The molecule has 6 nitrogen and oxygen atoms in total. The van der Waals surface area contributed by atoms with Gasteiger partial charge in [0.1, 0.15) is 9.84 Å². The zero-order valence-electron chi connectivity index (χ0n) is 11.9. The molecule has 0 aliphatic carbocycles. The van der Waals surface area contributed by atoms with Gasteiger partial charge in [-0.2, -0.15) is 0 Å². The molecule has 2 N–H and O–H groups in total. The number of nitrogens with one attached hydrogen (secondary N) is 2. The van der Waals surface area contributed by atoms with Crippen LogP contribution < -0.4 is 10.6 Å². The van der Waals surface area contributed by atoms with Gasteiger partial charge in [0.05, 0.1) is 5.75 Å². The van der Waals surface area contributed by atoms with Crippen molar-refractivity contribution in [3.8, 4) is 0 Å². The first kappa shape index (κ1) is 21.2. The van der Waals surface area contributed by atoms with E-state index in [2.05, 4.69) is 15.6 Å². The van der Waals surface area contributed by atoms with E-state index < -0.39 is 9.84 Å². The van der Waals surface area contributed by atoms with Gasteiger partial charge in [-0.15, -0.1) is 24.0 Å². The number of guanidine groups is 1. The van der Waals surface area contributed by atoms with Crippen LogP contribution in [0.15, 0.2) is 4.99 Å². The Kier molecular flexibility index (Phi) is 14.4. The monoisotopic (exact) mass is 407 g/mol. The first-order valence-corrected chi connectivity index (χ1v) is 8.24. The second-order valence-corrected chi connectivity index (χ2v) is 6.28. The van der Waals surface area contributed by atoms with Crippen LogP contribution in [0.25, 0.3) is 0 Å². The Labute approximate surface area is 133 Å². The minimum atomic E-state index is -2.89. The number of hydrogen-bond acceptors (Lipinski definition) is 4. The van der Waals surface area contributed by atoms with Gasteiger partial charge in [0.15, 0.2) is 5.96 Å². The maximum Gasteiger partial charge on any atom is 0.191 e. The molecular weight excluding hydrogens is 381 g/mol. The third kappa shape index (κ3) is 15.9. The molecule has 0 aromatic carbocycles. The van der Waals surface area contributed by atoms with E-state index in [-0.39, 0.29) is 29.7 Å². The molecular formula is C11H26IN3O3S. The van der Waals surface area contributed by atoms with Gasteiger partial charge in [0.2, 0.25) is 0 Å². The number of rotatable bonds is 9. The number of methoxy groups -OCH3 is 1. The summed E-state index contributed by atoms with van der Waals surface area (Å²) in [6.45, 7) is 4.77. The summed E-state index contributed by atoms with van der Waals surface area (Å²) in [7, 11) is -1.21. The van der Waals surface area contributed by atoms with Crippen molar-refractivity contribution >= 4 is 39.8 Å². The SMILES string of the molecule is CCNC(=NCCCS(C)(=O)=O)NCCCOC.I.